The van der Waals surface area contributed by atoms with Crippen LogP contribution >= 0.6 is 0 Å². The minimum atomic E-state index is -1.29. The van der Waals surface area contributed by atoms with Crippen LogP contribution in [0, 0.1) is 12.7 Å². The van der Waals surface area contributed by atoms with Gasteiger partial charge in [0.25, 0.3) is 5.91 Å². The van der Waals surface area contributed by atoms with Crippen LogP contribution < -0.4 is 14.8 Å². The number of halogens is 2. The van der Waals surface area contributed by atoms with E-state index in [1.807, 2.05) is 61.5 Å². The Morgan fingerprint density at radius 3 is 2.36 bits per heavy atom. The molecule has 0 aromatic heterocycles. The molecule has 47 heavy (non-hydrogen) atoms. The number of alkyl halides is 1. The molecule has 0 saturated carbocycles. The minimum absolute atomic E-state index is 0.0150. The molecule has 1 aliphatic heterocycles. The summed E-state index contributed by atoms with van der Waals surface area (Å²) in [7, 11) is 1.60. The average Bonchev–Trinajstić information content (AvgIpc) is 3.05. The fraction of sp³-hybridized carbons (Fsp3) is 0.368. The van der Waals surface area contributed by atoms with Crippen LogP contribution in [0.25, 0.3) is 21.9 Å². The van der Waals surface area contributed by atoms with E-state index in [0.29, 0.717) is 68.1 Å². The van der Waals surface area contributed by atoms with Gasteiger partial charge in [-0.3, -0.25) is 9.69 Å². The zero-order valence-electron chi connectivity index (χ0n) is 27.2. The standard InChI is InChI=1S/C38H42F2N2O5/c1-4-17-38(40)18-20-42(21-19-38)22-23-47-33-16-8-15-32(46-3)35(33)29-13-7-11-27-26(10-6-12-28(27)29)24-31(37(44)45)41-36(43)34-25(2)9-5-14-30(34)39/h5-16,31H,4,17-24H2,1-3H3,(H,41,43)(H,44,45)/t31-/m0/s1. The van der Waals surface area contributed by atoms with Gasteiger partial charge in [0, 0.05) is 26.1 Å². The molecule has 4 aromatic rings. The first-order chi connectivity index (χ1) is 22.6. The van der Waals surface area contributed by atoms with Crippen molar-refractivity contribution in [2.45, 2.75) is 57.7 Å². The number of carbonyl (C=O) groups is 2. The van der Waals surface area contributed by atoms with Gasteiger partial charge in [0.15, 0.2) is 0 Å². The van der Waals surface area contributed by atoms with E-state index < -0.39 is 29.4 Å². The van der Waals surface area contributed by atoms with Gasteiger partial charge in [-0.25, -0.2) is 13.6 Å². The molecule has 5 rings (SSSR count). The Morgan fingerprint density at radius 2 is 1.66 bits per heavy atom. The SMILES string of the molecule is CCCC1(F)CCN(CCOc2cccc(OC)c2-c2cccc3c(C[C@H](NC(=O)c4c(C)cccc4F)C(=O)O)cccc23)CC1. The van der Waals surface area contributed by atoms with Crippen LogP contribution in [0.15, 0.2) is 72.8 Å². The highest BCUT2D eigenvalue weighted by Crippen LogP contribution is 2.42. The predicted octanol–water partition coefficient (Wildman–Crippen LogP) is 7.37. The molecule has 7 nitrogen and oxygen atoms in total. The summed E-state index contributed by atoms with van der Waals surface area (Å²) in [5, 5.41) is 14.2. The highest BCUT2D eigenvalue weighted by Gasteiger charge is 2.33. The Hall–Kier alpha value is -4.50. The van der Waals surface area contributed by atoms with E-state index in [0.717, 1.165) is 28.3 Å². The van der Waals surface area contributed by atoms with Crippen molar-refractivity contribution in [3.05, 3.63) is 95.3 Å². The number of aliphatic carboxylic acids is 1. The van der Waals surface area contributed by atoms with E-state index in [4.69, 9.17) is 9.47 Å². The molecule has 0 unspecified atom stereocenters. The molecule has 2 N–H and O–H groups in total. The number of amides is 1. The van der Waals surface area contributed by atoms with E-state index in [1.165, 1.54) is 12.1 Å². The molecule has 4 aromatic carbocycles. The summed E-state index contributed by atoms with van der Waals surface area (Å²) in [5.74, 6) is -1.45. The number of hydrogen-bond acceptors (Lipinski definition) is 5. The van der Waals surface area contributed by atoms with Crippen molar-refractivity contribution in [2.75, 3.05) is 33.4 Å². The molecule has 1 heterocycles. The first kappa shape index (κ1) is 33.9. The van der Waals surface area contributed by atoms with Crippen molar-refractivity contribution in [2.24, 2.45) is 0 Å². The number of piperidine rings is 1. The summed E-state index contributed by atoms with van der Waals surface area (Å²) in [6, 6.07) is 20.0. The Morgan fingerprint density at radius 1 is 0.979 bits per heavy atom. The summed E-state index contributed by atoms with van der Waals surface area (Å²) in [6.45, 7) is 6.13. The van der Waals surface area contributed by atoms with Gasteiger partial charge in [0.2, 0.25) is 0 Å². The summed E-state index contributed by atoms with van der Waals surface area (Å²) >= 11 is 0. The minimum Gasteiger partial charge on any atom is -0.496 e. The number of carboxylic acids is 1. The molecule has 1 atom stereocenters. The Kier molecular flexibility index (Phi) is 10.8. The van der Waals surface area contributed by atoms with Crippen molar-refractivity contribution in [3.63, 3.8) is 0 Å². The molecular formula is C38H42F2N2O5. The largest absolute Gasteiger partial charge is 0.496 e. The molecule has 248 valence electrons. The summed E-state index contributed by atoms with van der Waals surface area (Å²) in [5.41, 5.74) is 1.50. The van der Waals surface area contributed by atoms with Gasteiger partial charge < -0.3 is 19.9 Å². The third-order valence-electron chi connectivity index (χ3n) is 9.08. The van der Waals surface area contributed by atoms with Crippen LogP contribution in [0.4, 0.5) is 8.78 Å². The number of benzene rings is 4. The third-order valence-corrected chi connectivity index (χ3v) is 9.08. The van der Waals surface area contributed by atoms with Crippen LogP contribution in [0.2, 0.25) is 0 Å². The number of likely N-dealkylation sites (tertiary alicyclic amines) is 1. The molecule has 1 amide bonds. The number of aryl methyl sites for hydroxylation is 1. The molecule has 0 spiro atoms. The van der Waals surface area contributed by atoms with Gasteiger partial charge in [-0.05, 0) is 71.8 Å². The van der Waals surface area contributed by atoms with Gasteiger partial charge in [0.1, 0.15) is 35.6 Å². The van der Waals surface area contributed by atoms with Crippen LogP contribution in [0.5, 0.6) is 11.5 Å². The van der Waals surface area contributed by atoms with Crippen LogP contribution in [0.1, 0.15) is 54.1 Å². The van der Waals surface area contributed by atoms with Crippen molar-refractivity contribution >= 4 is 22.6 Å². The first-order valence-electron chi connectivity index (χ1n) is 16.1. The molecular weight excluding hydrogens is 602 g/mol. The fourth-order valence-electron chi connectivity index (χ4n) is 6.57. The Balaban J connectivity index is 1.39. The van der Waals surface area contributed by atoms with Crippen LogP contribution in [-0.4, -0.2) is 66.9 Å². The number of methoxy groups -OCH3 is 1. The maximum atomic E-state index is 14.9. The summed E-state index contributed by atoms with van der Waals surface area (Å²) in [6.07, 6.45) is 2.52. The van der Waals surface area contributed by atoms with E-state index in [-0.39, 0.29) is 12.0 Å². The van der Waals surface area contributed by atoms with Gasteiger partial charge in [0.05, 0.1) is 18.2 Å². The number of nitrogens with zero attached hydrogens (tertiary/aromatic N) is 1. The van der Waals surface area contributed by atoms with Gasteiger partial charge >= 0.3 is 5.97 Å². The smallest absolute Gasteiger partial charge is 0.326 e. The van der Waals surface area contributed by atoms with Gasteiger partial charge in [-0.15, -0.1) is 0 Å². The zero-order valence-corrected chi connectivity index (χ0v) is 27.2. The van der Waals surface area contributed by atoms with Gasteiger partial charge in [-0.1, -0.05) is 67.9 Å². The second-order valence-corrected chi connectivity index (χ2v) is 12.2. The van der Waals surface area contributed by atoms with Crippen molar-refractivity contribution in [1.29, 1.82) is 0 Å². The average molecular weight is 645 g/mol. The van der Waals surface area contributed by atoms with Crippen molar-refractivity contribution in [3.8, 4) is 22.6 Å². The Labute approximate surface area is 274 Å². The number of ether oxygens (including phenoxy) is 2. The van der Waals surface area contributed by atoms with Crippen molar-refractivity contribution < 1.29 is 33.0 Å². The number of nitrogens with one attached hydrogen (secondary N) is 1. The molecule has 0 aliphatic carbocycles. The topological polar surface area (TPSA) is 88.1 Å². The highest BCUT2D eigenvalue weighted by molar-refractivity contribution is 6.02. The predicted molar refractivity (Wildman–Crippen MR) is 180 cm³/mol. The lowest BCUT2D eigenvalue weighted by molar-refractivity contribution is -0.139. The maximum absolute atomic E-state index is 14.9. The van der Waals surface area contributed by atoms with Crippen molar-refractivity contribution in [1.82, 2.24) is 10.2 Å². The van der Waals surface area contributed by atoms with Crippen LogP contribution in [0.3, 0.4) is 0 Å². The molecule has 1 fully saturated rings. The second-order valence-electron chi connectivity index (χ2n) is 12.2. The fourth-order valence-corrected chi connectivity index (χ4v) is 6.57. The lowest BCUT2D eigenvalue weighted by Gasteiger charge is -2.36. The monoisotopic (exact) mass is 644 g/mol. The van der Waals surface area contributed by atoms with E-state index in [9.17, 15) is 23.5 Å². The number of carboxylic acid groups (broad SMARTS) is 1. The first-order valence-corrected chi connectivity index (χ1v) is 16.1. The highest BCUT2D eigenvalue weighted by atomic mass is 19.1. The molecule has 1 saturated heterocycles. The number of fused-ring (bicyclic) bond motifs is 1. The maximum Gasteiger partial charge on any atom is 0.326 e. The second kappa shape index (κ2) is 14.9. The molecule has 9 heteroatoms. The quantitative estimate of drug-likeness (QED) is 0.158. The number of rotatable bonds is 13. The zero-order chi connectivity index (χ0) is 33.6. The van der Waals surface area contributed by atoms with E-state index in [1.54, 1.807) is 20.1 Å². The molecule has 1 aliphatic rings. The van der Waals surface area contributed by atoms with Crippen LogP contribution in [-0.2, 0) is 11.2 Å². The lowest BCUT2D eigenvalue weighted by Crippen LogP contribution is -2.43. The number of carbonyl (C=O) groups excluding carboxylic acids is 1. The Bertz CT molecular complexity index is 1710. The lowest BCUT2D eigenvalue weighted by atomic mass is 9.89. The number of hydrogen-bond donors (Lipinski definition) is 2. The van der Waals surface area contributed by atoms with E-state index >= 15 is 0 Å². The molecule has 0 radical (unpaired) electrons. The summed E-state index contributed by atoms with van der Waals surface area (Å²) < 4.78 is 41.5. The molecule has 0 bridgehead atoms. The third kappa shape index (κ3) is 7.73. The normalized spacial score (nSPS) is 15.3. The van der Waals surface area contributed by atoms with E-state index in [2.05, 4.69) is 10.2 Å². The summed E-state index contributed by atoms with van der Waals surface area (Å²) in [4.78, 5) is 27.5. The van der Waals surface area contributed by atoms with Gasteiger partial charge in [-0.2, -0.15) is 0 Å².